The summed E-state index contributed by atoms with van der Waals surface area (Å²) in [6.07, 6.45) is 0.891. The fourth-order valence-electron chi connectivity index (χ4n) is 2.56. The van der Waals surface area contributed by atoms with Crippen LogP contribution in [-0.2, 0) is 9.53 Å². The van der Waals surface area contributed by atoms with E-state index in [1.54, 1.807) is 18.9 Å². The third-order valence-electron chi connectivity index (χ3n) is 4.63. The van der Waals surface area contributed by atoms with Gasteiger partial charge in [-0.1, -0.05) is 13.8 Å². The maximum atomic E-state index is 12.0. The van der Waals surface area contributed by atoms with Gasteiger partial charge in [-0.3, -0.25) is 10.1 Å². The SMILES string of the molecule is COC1(C)CC(NC(=O)C2CSCN2)C1(C)C.Cl. The first-order chi connectivity index (χ1) is 7.90. The van der Waals surface area contributed by atoms with Gasteiger partial charge in [0.1, 0.15) is 0 Å². The lowest BCUT2D eigenvalue weighted by molar-refractivity contribution is -0.182. The van der Waals surface area contributed by atoms with Crippen LogP contribution in [-0.4, -0.2) is 42.3 Å². The van der Waals surface area contributed by atoms with Crippen molar-refractivity contribution in [1.29, 1.82) is 0 Å². The first kappa shape index (κ1) is 16.1. The van der Waals surface area contributed by atoms with Gasteiger partial charge < -0.3 is 10.1 Å². The zero-order valence-electron chi connectivity index (χ0n) is 11.4. The highest BCUT2D eigenvalue weighted by atomic mass is 35.5. The maximum absolute atomic E-state index is 12.0. The fourth-order valence-corrected chi connectivity index (χ4v) is 3.50. The predicted octanol–water partition coefficient (Wildman–Crippen LogP) is 1.39. The van der Waals surface area contributed by atoms with E-state index in [9.17, 15) is 4.79 Å². The van der Waals surface area contributed by atoms with Crippen LogP contribution >= 0.6 is 24.2 Å². The van der Waals surface area contributed by atoms with Gasteiger partial charge in [0.25, 0.3) is 0 Å². The quantitative estimate of drug-likeness (QED) is 0.826. The minimum atomic E-state index is -0.122. The second-order valence-corrected chi connectivity index (χ2v) is 6.72. The molecule has 18 heavy (non-hydrogen) atoms. The van der Waals surface area contributed by atoms with Crippen molar-refractivity contribution in [3.05, 3.63) is 0 Å². The van der Waals surface area contributed by atoms with Crippen molar-refractivity contribution in [2.24, 2.45) is 5.41 Å². The molecule has 3 atom stereocenters. The molecule has 2 N–H and O–H groups in total. The number of ether oxygens (including phenoxy) is 1. The lowest BCUT2D eigenvalue weighted by Crippen LogP contribution is -2.69. The van der Waals surface area contributed by atoms with Crippen LogP contribution in [0.3, 0.4) is 0 Å². The van der Waals surface area contributed by atoms with Gasteiger partial charge in [0.15, 0.2) is 0 Å². The summed E-state index contributed by atoms with van der Waals surface area (Å²) in [4.78, 5) is 12.0. The van der Waals surface area contributed by atoms with Gasteiger partial charge in [0.05, 0.1) is 11.6 Å². The molecule has 4 nitrogen and oxygen atoms in total. The molecular weight excluding hydrogens is 272 g/mol. The first-order valence-corrected chi connectivity index (χ1v) is 7.23. The average Bonchev–Trinajstić information content (AvgIpc) is 2.81. The third-order valence-corrected chi connectivity index (χ3v) is 5.57. The zero-order chi connectivity index (χ0) is 12.7. The zero-order valence-corrected chi connectivity index (χ0v) is 13.0. The number of hydrogen-bond acceptors (Lipinski definition) is 4. The van der Waals surface area contributed by atoms with Crippen molar-refractivity contribution in [2.75, 3.05) is 18.7 Å². The Morgan fingerprint density at radius 2 is 2.11 bits per heavy atom. The standard InChI is InChI=1S/C12H22N2O2S.ClH/c1-11(2)9(5-12(11,3)16-4)14-10(15)8-6-17-7-13-8;/h8-9,13H,5-7H2,1-4H3,(H,14,15);1H. The van der Waals surface area contributed by atoms with Crippen LogP contribution in [0.5, 0.6) is 0 Å². The third kappa shape index (κ3) is 2.50. The van der Waals surface area contributed by atoms with E-state index in [1.807, 2.05) is 0 Å². The molecule has 3 unspecified atom stereocenters. The van der Waals surface area contributed by atoms with Gasteiger partial charge in [-0.05, 0) is 13.3 Å². The highest BCUT2D eigenvalue weighted by molar-refractivity contribution is 7.99. The summed E-state index contributed by atoms with van der Waals surface area (Å²) in [6.45, 7) is 6.42. The molecule has 6 heteroatoms. The minimum Gasteiger partial charge on any atom is -0.378 e. The normalized spacial score (nSPS) is 37.6. The number of halogens is 1. The van der Waals surface area contributed by atoms with Crippen LogP contribution in [0.2, 0.25) is 0 Å². The van der Waals surface area contributed by atoms with E-state index in [0.717, 1.165) is 18.1 Å². The second kappa shape index (κ2) is 5.57. The average molecular weight is 295 g/mol. The van der Waals surface area contributed by atoms with Crippen LogP contribution in [0, 0.1) is 5.41 Å². The highest BCUT2D eigenvalue weighted by Gasteiger charge is 2.58. The Hall–Kier alpha value is 0.0300. The molecule has 106 valence electrons. The van der Waals surface area contributed by atoms with Gasteiger partial charge in [0, 0.05) is 30.2 Å². The molecule has 2 aliphatic rings. The Kier molecular flexibility index (Phi) is 4.98. The summed E-state index contributed by atoms with van der Waals surface area (Å²) in [7, 11) is 1.74. The van der Waals surface area contributed by atoms with E-state index in [1.165, 1.54) is 0 Å². The molecule has 1 amide bonds. The number of thioether (sulfide) groups is 1. The van der Waals surface area contributed by atoms with E-state index >= 15 is 0 Å². The topological polar surface area (TPSA) is 50.4 Å². The van der Waals surface area contributed by atoms with Crippen molar-refractivity contribution in [3.8, 4) is 0 Å². The number of nitrogens with one attached hydrogen (secondary N) is 2. The van der Waals surface area contributed by atoms with Crippen molar-refractivity contribution in [2.45, 2.75) is 44.9 Å². The van der Waals surface area contributed by atoms with Gasteiger partial charge in [-0.25, -0.2) is 0 Å². The minimum absolute atomic E-state index is 0. The second-order valence-electron chi connectivity index (χ2n) is 5.69. The Bertz CT molecular complexity index is 321. The van der Waals surface area contributed by atoms with Crippen LogP contribution in [0.1, 0.15) is 27.2 Å². The molecule has 1 saturated heterocycles. The Labute approximate surface area is 119 Å². The number of hydrogen-bond donors (Lipinski definition) is 2. The van der Waals surface area contributed by atoms with Crippen LogP contribution < -0.4 is 10.6 Å². The van der Waals surface area contributed by atoms with Crippen molar-refractivity contribution in [3.63, 3.8) is 0 Å². The lowest BCUT2D eigenvalue weighted by Gasteiger charge is -2.59. The van der Waals surface area contributed by atoms with E-state index in [0.29, 0.717) is 0 Å². The molecule has 1 saturated carbocycles. The Morgan fingerprint density at radius 3 is 2.56 bits per heavy atom. The number of rotatable bonds is 3. The van der Waals surface area contributed by atoms with Crippen molar-refractivity contribution in [1.82, 2.24) is 10.6 Å². The highest BCUT2D eigenvalue weighted by Crippen LogP contribution is 2.51. The van der Waals surface area contributed by atoms with E-state index < -0.39 is 0 Å². The molecule has 0 aromatic carbocycles. The fraction of sp³-hybridized carbons (Fsp3) is 0.917. The molecule has 2 fully saturated rings. The van der Waals surface area contributed by atoms with Crippen molar-refractivity contribution >= 4 is 30.1 Å². The Balaban J connectivity index is 0.00000162. The maximum Gasteiger partial charge on any atom is 0.238 e. The summed E-state index contributed by atoms with van der Waals surface area (Å²) in [6, 6.07) is 0.192. The number of carbonyl (C=O) groups is 1. The molecule has 2 rings (SSSR count). The Morgan fingerprint density at radius 1 is 1.44 bits per heavy atom. The predicted molar refractivity (Wildman–Crippen MR) is 77.2 cm³/mol. The molecule has 1 aliphatic heterocycles. The molecule has 0 spiro atoms. The first-order valence-electron chi connectivity index (χ1n) is 6.07. The van der Waals surface area contributed by atoms with Gasteiger partial charge >= 0.3 is 0 Å². The molecule has 1 aliphatic carbocycles. The summed E-state index contributed by atoms with van der Waals surface area (Å²) >= 11 is 1.77. The van der Waals surface area contributed by atoms with Gasteiger partial charge in [-0.2, -0.15) is 0 Å². The summed E-state index contributed by atoms with van der Waals surface area (Å²) in [5.41, 5.74) is -0.133. The molecular formula is C12H23ClN2O2S. The van der Waals surface area contributed by atoms with Crippen LogP contribution in [0.25, 0.3) is 0 Å². The molecule has 0 radical (unpaired) electrons. The summed E-state index contributed by atoms with van der Waals surface area (Å²) < 4.78 is 5.56. The van der Waals surface area contributed by atoms with Crippen LogP contribution in [0.15, 0.2) is 0 Å². The summed E-state index contributed by atoms with van der Waals surface area (Å²) in [5, 5.41) is 6.33. The number of methoxy groups -OCH3 is 1. The van der Waals surface area contributed by atoms with Crippen LogP contribution in [0.4, 0.5) is 0 Å². The van der Waals surface area contributed by atoms with E-state index in [-0.39, 0.29) is 41.4 Å². The van der Waals surface area contributed by atoms with Gasteiger partial charge in [0.2, 0.25) is 5.91 Å². The smallest absolute Gasteiger partial charge is 0.238 e. The summed E-state index contributed by atoms with van der Waals surface area (Å²) in [5.74, 6) is 1.88. The number of amides is 1. The number of carbonyl (C=O) groups excluding carboxylic acids is 1. The molecule has 0 bridgehead atoms. The van der Waals surface area contributed by atoms with E-state index in [2.05, 4.69) is 31.4 Å². The largest absolute Gasteiger partial charge is 0.378 e. The lowest BCUT2D eigenvalue weighted by atomic mass is 9.56. The van der Waals surface area contributed by atoms with Crippen molar-refractivity contribution < 1.29 is 9.53 Å². The van der Waals surface area contributed by atoms with Gasteiger partial charge in [-0.15, -0.1) is 24.2 Å². The van der Waals surface area contributed by atoms with E-state index in [4.69, 9.17) is 4.74 Å². The molecule has 0 aromatic heterocycles. The molecule has 0 aromatic rings. The monoisotopic (exact) mass is 294 g/mol. The molecule has 1 heterocycles.